The van der Waals surface area contributed by atoms with Gasteiger partial charge in [0.1, 0.15) is 0 Å². The van der Waals surface area contributed by atoms with Crippen LogP contribution in [0.5, 0.6) is 0 Å². The van der Waals surface area contributed by atoms with E-state index in [1.54, 1.807) is 0 Å². The van der Waals surface area contributed by atoms with Gasteiger partial charge in [-0.1, -0.05) is 46.6 Å². The maximum Gasteiger partial charge on any atom is 0.191 e. The van der Waals surface area contributed by atoms with Gasteiger partial charge in [-0.2, -0.15) is 0 Å². The van der Waals surface area contributed by atoms with Crippen LogP contribution in [0.1, 0.15) is 85.5 Å². The minimum absolute atomic E-state index is 0.411. The average Bonchev–Trinajstić information content (AvgIpc) is 3.15. The fraction of sp³-hybridized carbons (Fsp3) is 0.926. The van der Waals surface area contributed by atoms with E-state index in [1.165, 1.54) is 57.8 Å². The van der Waals surface area contributed by atoms with Crippen molar-refractivity contribution in [3.8, 4) is 0 Å². The molecule has 6 aliphatic rings. The molecule has 1 saturated heterocycles. The molecule has 0 radical (unpaired) electrons. The minimum atomic E-state index is -0.431. The minimum Gasteiger partial charge on any atom is -0.346 e. The summed E-state index contributed by atoms with van der Waals surface area (Å²) >= 11 is 0. The summed E-state index contributed by atoms with van der Waals surface area (Å²) in [7, 11) is 0. The van der Waals surface area contributed by atoms with Crippen LogP contribution in [0.4, 0.5) is 0 Å². The second-order valence-corrected chi connectivity index (χ2v) is 12.5. The number of hydrogen-bond acceptors (Lipinski definition) is 2. The molecule has 4 saturated carbocycles. The van der Waals surface area contributed by atoms with Crippen molar-refractivity contribution in [2.24, 2.45) is 52.3 Å². The molecule has 2 aliphatic heterocycles. The monoisotopic (exact) mass is 398 g/mol. The molecular weight excluding hydrogens is 356 g/mol. The average molecular weight is 399 g/mol. The fourth-order valence-corrected chi connectivity index (χ4v) is 9.95. The number of rotatable bonds is 0. The molecule has 2 nitrogen and oxygen atoms in total. The molecule has 0 amide bonds. The molecule has 29 heavy (non-hydrogen) atoms. The highest BCUT2D eigenvalue weighted by Gasteiger charge is 2.68. The second kappa shape index (κ2) is 6.35. The third-order valence-electron chi connectivity index (χ3n) is 11.4. The van der Waals surface area contributed by atoms with Crippen molar-refractivity contribution in [1.82, 2.24) is 0 Å². The molecule has 2 heteroatoms. The van der Waals surface area contributed by atoms with Crippen LogP contribution in [0.3, 0.4) is 0 Å². The van der Waals surface area contributed by atoms with E-state index < -0.39 is 5.79 Å². The summed E-state index contributed by atoms with van der Waals surface area (Å²) in [5.41, 5.74) is 1.09. The second-order valence-electron chi connectivity index (χ2n) is 12.5. The third kappa shape index (κ3) is 2.48. The van der Waals surface area contributed by atoms with E-state index in [4.69, 9.17) is 9.47 Å². The van der Waals surface area contributed by atoms with Crippen molar-refractivity contribution in [3.05, 3.63) is 12.2 Å². The zero-order chi connectivity index (χ0) is 20.0. The van der Waals surface area contributed by atoms with Crippen molar-refractivity contribution in [2.75, 3.05) is 6.61 Å². The van der Waals surface area contributed by atoms with E-state index in [-0.39, 0.29) is 0 Å². The van der Waals surface area contributed by atoms with Crippen LogP contribution in [0, 0.1) is 52.3 Å². The van der Waals surface area contributed by atoms with Crippen molar-refractivity contribution >= 4 is 0 Å². The molecular formula is C27H42O2. The zero-order valence-corrected chi connectivity index (χ0v) is 19.2. The molecule has 4 aliphatic carbocycles. The lowest BCUT2D eigenvalue weighted by atomic mass is 9.44. The van der Waals surface area contributed by atoms with Crippen molar-refractivity contribution in [3.63, 3.8) is 0 Å². The molecule has 0 aromatic carbocycles. The highest BCUT2D eigenvalue weighted by atomic mass is 16.7. The van der Waals surface area contributed by atoms with Gasteiger partial charge < -0.3 is 9.47 Å². The molecule has 5 fully saturated rings. The summed E-state index contributed by atoms with van der Waals surface area (Å²) in [4.78, 5) is 0. The Morgan fingerprint density at radius 3 is 2.55 bits per heavy atom. The molecule has 2 heterocycles. The third-order valence-corrected chi connectivity index (χ3v) is 11.4. The predicted molar refractivity (Wildman–Crippen MR) is 116 cm³/mol. The highest BCUT2D eigenvalue weighted by Crippen LogP contribution is 2.71. The SMILES string of the molecule is CC1C=CC2(OC1)OC1CC3C4CCC5CCCCC5(C)C4CCC3(C)C1C2C. The van der Waals surface area contributed by atoms with Crippen molar-refractivity contribution in [2.45, 2.75) is 97.4 Å². The highest BCUT2D eigenvalue weighted by molar-refractivity contribution is 5.18. The Labute approximate surface area is 178 Å². The lowest BCUT2D eigenvalue weighted by molar-refractivity contribution is -0.224. The fourth-order valence-electron chi connectivity index (χ4n) is 9.95. The first kappa shape index (κ1) is 19.4. The van der Waals surface area contributed by atoms with Crippen LogP contribution in [0.15, 0.2) is 12.2 Å². The maximum atomic E-state index is 6.83. The van der Waals surface area contributed by atoms with Crippen LogP contribution < -0.4 is 0 Å². The lowest BCUT2D eigenvalue weighted by Crippen LogP contribution is -2.53. The molecule has 11 atom stereocenters. The normalized spacial score (nSPS) is 61.1. The lowest BCUT2D eigenvalue weighted by Gasteiger charge is -2.60. The Morgan fingerprint density at radius 1 is 0.897 bits per heavy atom. The summed E-state index contributed by atoms with van der Waals surface area (Å²) in [5, 5.41) is 0. The van der Waals surface area contributed by atoms with Gasteiger partial charge in [0, 0.05) is 5.92 Å². The van der Waals surface area contributed by atoms with Gasteiger partial charge in [-0.3, -0.25) is 0 Å². The van der Waals surface area contributed by atoms with E-state index >= 15 is 0 Å². The van der Waals surface area contributed by atoms with Gasteiger partial charge >= 0.3 is 0 Å². The molecule has 0 aromatic heterocycles. The van der Waals surface area contributed by atoms with Gasteiger partial charge in [0.15, 0.2) is 5.79 Å². The Bertz CT molecular complexity index is 701. The Kier molecular flexibility index (Phi) is 4.23. The number of fused-ring (bicyclic) bond motifs is 7. The van der Waals surface area contributed by atoms with E-state index in [9.17, 15) is 0 Å². The topological polar surface area (TPSA) is 18.5 Å². The molecule has 0 bridgehead atoms. The van der Waals surface area contributed by atoms with Crippen LogP contribution in [-0.4, -0.2) is 18.5 Å². The predicted octanol–water partition coefficient (Wildman–Crippen LogP) is 6.60. The Hall–Kier alpha value is -0.340. The van der Waals surface area contributed by atoms with Crippen LogP contribution in [-0.2, 0) is 9.47 Å². The first-order chi connectivity index (χ1) is 13.9. The first-order valence-electron chi connectivity index (χ1n) is 12.9. The van der Waals surface area contributed by atoms with Gasteiger partial charge in [0.25, 0.3) is 0 Å². The van der Waals surface area contributed by atoms with Gasteiger partial charge in [-0.15, -0.1) is 0 Å². The van der Waals surface area contributed by atoms with E-state index in [0.29, 0.717) is 34.7 Å². The summed E-state index contributed by atoms with van der Waals surface area (Å²) in [6, 6.07) is 0. The molecule has 162 valence electrons. The standard InChI is InChI=1S/C27H42O2/c1-17-10-14-27(28-16-17)18(2)24-23(29-27)15-22-20-9-8-19-7-5-6-12-25(19,3)21(20)11-13-26(22,24)4/h10,14,17-24H,5-9,11-13,15-16H2,1-4H3. The van der Waals surface area contributed by atoms with Crippen LogP contribution in [0.2, 0.25) is 0 Å². The quantitative estimate of drug-likeness (QED) is 0.428. The molecule has 1 spiro atoms. The molecule has 6 rings (SSSR count). The molecule has 0 N–H and O–H groups in total. The molecule has 11 unspecified atom stereocenters. The van der Waals surface area contributed by atoms with Gasteiger partial charge in [0.05, 0.1) is 12.7 Å². The van der Waals surface area contributed by atoms with Crippen molar-refractivity contribution < 1.29 is 9.47 Å². The maximum absolute atomic E-state index is 6.83. The smallest absolute Gasteiger partial charge is 0.191 e. The Balaban J connectivity index is 1.29. The summed E-state index contributed by atoms with van der Waals surface area (Å²) in [5.74, 6) is 5.06. The summed E-state index contributed by atoms with van der Waals surface area (Å²) < 4.78 is 13.2. The van der Waals surface area contributed by atoms with Gasteiger partial charge in [-0.25, -0.2) is 0 Å². The number of ether oxygens (including phenoxy) is 2. The van der Waals surface area contributed by atoms with Crippen molar-refractivity contribution in [1.29, 1.82) is 0 Å². The van der Waals surface area contributed by atoms with E-state index in [0.717, 1.165) is 30.3 Å². The summed E-state index contributed by atoms with van der Waals surface area (Å²) in [6.45, 7) is 10.8. The van der Waals surface area contributed by atoms with Gasteiger partial charge in [-0.05, 0) is 97.4 Å². The summed E-state index contributed by atoms with van der Waals surface area (Å²) in [6.07, 6.45) is 18.2. The first-order valence-corrected chi connectivity index (χ1v) is 12.9. The van der Waals surface area contributed by atoms with Crippen LogP contribution in [0.25, 0.3) is 0 Å². The van der Waals surface area contributed by atoms with E-state index in [1.807, 2.05) is 0 Å². The number of hydrogen-bond donors (Lipinski definition) is 0. The van der Waals surface area contributed by atoms with Crippen LogP contribution >= 0.6 is 0 Å². The zero-order valence-electron chi connectivity index (χ0n) is 19.2. The van der Waals surface area contributed by atoms with Gasteiger partial charge in [0.2, 0.25) is 0 Å². The van der Waals surface area contributed by atoms with E-state index in [2.05, 4.69) is 39.8 Å². The largest absolute Gasteiger partial charge is 0.346 e. The Morgan fingerprint density at radius 2 is 1.76 bits per heavy atom. The molecule has 0 aromatic rings.